The monoisotopic (exact) mass is 176 g/mol. The van der Waals surface area contributed by atoms with Crippen LogP contribution in [-0.4, -0.2) is 30.8 Å². The van der Waals surface area contributed by atoms with Crippen LogP contribution in [0.1, 0.15) is 18.3 Å². The second-order valence-corrected chi connectivity index (χ2v) is 2.41. The fourth-order valence-corrected chi connectivity index (χ4v) is 1.09. The van der Waals surface area contributed by atoms with E-state index in [0.29, 0.717) is 0 Å². The number of aromatic nitrogens is 6. The van der Waals surface area contributed by atoms with E-state index in [1.54, 1.807) is 12.4 Å². The Bertz CT molecular complexity index is 348. The molecule has 2 aromatic rings. The molecule has 0 radical (unpaired) electrons. The molecule has 0 aromatic carbocycles. The summed E-state index contributed by atoms with van der Waals surface area (Å²) < 4.78 is 0. The van der Waals surface area contributed by atoms with Crippen LogP contribution in [0.2, 0.25) is 0 Å². The first-order valence-corrected chi connectivity index (χ1v) is 3.80. The van der Waals surface area contributed by atoms with Crippen molar-refractivity contribution >= 4 is 5.57 Å². The van der Waals surface area contributed by atoms with E-state index in [1.807, 2.05) is 13.0 Å². The number of hydrogen-bond donors (Lipinski definition) is 2. The van der Waals surface area contributed by atoms with E-state index >= 15 is 0 Å². The second kappa shape index (κ2) is 3.18. The van der Waals surface area contributed by atoms with Gasteiger partial charge < -0.3 is 0 Å². The normalized spacial score (nSPS) is 9.92. The van der Waals surface area contributed by atoms with Gasteiger partial charge in [-0.3, -0.25) is 0 Å². The summed E-state index contributed by atoms with van der Waals surface area (Å²) in [7, 11) is 0. The van der Waals surface area contributed by atoms with Gasteiger partial charge in [-0.15, -0.1) is 0 Å². The Balaban J connectivity index is 2.42. The summed E-state index contributed by atoms with van der Waals surface area (Å²) in [6.07, 6.45) is 5.20. The predicted octanol–water partition coefficient (Wildman–Crippen LogP) is 0.374. The lowest BCUT2D eigenvalue weighted by Gasteiger charge is -1.95. The summed E-state index contributed by atoms with van der Waals surface area (Å²) in [6, 6.07) is 0. The molecule has 13 heavy (non-hydrogen) atoms. The molecule has 2 heterocycles. The van der Waals surface area contributed by atoms with Crippen LogP contribution in [0.3, 0.4) is 0 Å². The molecule has 0 unspecified atom stereocenters. The predicted molar refractivity (Wildman–Crippen MR) is 45.5 cm³/mol. The molecule has 2 aromatic heterocycles. The lowest BCUT2D eigenvalue weighted by atomic mass is 10.1. The number of allylic oxidation sites excluding steroid dienone is 1. The van der Waals surface area contributed by atoms with Gasteiger partial charge in [0.1, 0.15) is 11.4 Å². The maximum absolute atomic E-state index is 3.96. The van der Waals surface area contributed by atoms with Crippen molar-refractivity contribution in [2.45, 2.75) is 6.92 Å². The number of rotatable bonds is 2. The quantitative estimate of drug-likeness (QED) is 0.692. The average Bonchev–Trinajstić information content (AvgIpc) is 2.76. The fraction of sp³-hybridized carbons (Fsp3) is 0.143. The fourth-order valence-electron chi connectivity index (χ4n) is 1.09. The van der Waals surface area contributed by atoms with Crippen molar-refractivity contribution in [1.29, 1.82) is 0 Å². The Morgan fingerprint density at radius 1 is 1.15 bits per heavy atom. The molecule has 0 spiro atoms. The van der Waals surface area contributed by atoms with Gasteiger partial charge in [-0.25, -0.2) is 0 Å². The highest BCUT2D eigenvalue weighted by Gasteiger charge is 2.08. The first kappa shape index (κ1) is 7.66. The van der Waals surface area contributed by atoms with Gasteiger partial charge in [0, 0.05) is 5.57 Å². The van der Waals surface area contributed by atoms with Gasteiger partial charge in [-0.1, -0.05) is 6.08 Å². The summed E-state index contributed by atoms with van der Waals surface area (Å²) >= 11 is 0. The van der Waals surface area contributed by atoms with Crippen LogP contribution in [0.25, 0.3) is 5.57 Å². The Kier molecular flexibility index (Phi) is 1.87. The third kappa shape index (κ3) is 1.33. The molecule has 0 amide bonds. The van der Waals surface area contributed by atoms with Crippen molar-refractivity contribution in [1.82, 2.24) is 30.8 Å². The van der Waals surface area contributed by atoms with Crippen LogP contribution in [0.5, 0.6) is 0 Å². The molecule has 0 saturated heterocycles. The van der Waals surface area contributed by atoms with Gasteiger partial charge in [-0.2, -0.15) is 30.8 Å². The SMILES string of the molecule is CC=C(c1cn[nH]n1)c1cn[nH]n1. The van der Waals surface area contributed by atoms with Gasteiger partial charge in [0.15, 0.2) is 0 Å². The van der Waals surface area contributed by atoms with E-state index < -0.39 is 0 Å². The number of nitrogens with one attached hydrogen (secondary N) is 2. The van der Waals surface area contributed by atoms with Crippen molar-refractivity contribution < 1.29 is 0 Å². The van der Waals surface area contributed by atoms with E-state index in [2.05, 4.69) is 30.8 Å². The molecule has 0 saturated carbocycles. The topological polar surface area (TPSA) is 83.1 Å². The maximum atomic E-state index is 3.96. The summed E-state index contributed by atoms with van der Waals surface area (Å²) in [5.74, 6) is 0. The summed E-state index contributed by atoms with van der Waals surface area (Å²) in [5.41, 5.74) is 2.43. The van der Waals surface area contributed by atoms with Crippen molar-refractivity contribution in [3.8, 4) is 0 Å². The number of H-pyrrole nitrogens is 2. The standard InChI is InChI=1S/C7H8N6/c1-2-5(6-3-8-12-10-6)7-4-9-13-11-7/h2-4H,1H3,(H,8,10,12)(H,9,11,13). The molecule has 0 aliphatic carbocycles. The third-order valence-electron chi connectivity index (χ3n) is 1.67. The summed E-state index contributed by atoms with van der Waals surface area (Å²) in [4.78, 5) is 0. The minimum Gasteiger partial charge on any atom is -0.197 e. The van der Waals surface area contributed by atoms with Gasteiger partial charge in [0.05, 0.1) is 12.4 Å². The van der Waals surface area contributed by atoms with E-state index in [0.717, 1.165) is 17.0 Å². The minimum atomic E-state index is 0.761. The molecule has 2 N–H and O–H groups in total. The Morgan fingerprint density at radius 2 is 1.69 bits per heavy atom. The van der Waals surface area contributed by atoms with E-state index in [4.69, 9.17) is 0 Å². The Morgan fingerprint density at radius 3 is 2.00 bits per heavy atom. The van der Waals surface area contributed by atoms with Crippen LogP contribution in [-0.2, 0) is 0 Å². The van der Waals surface area contributed by atoms with E-state index in [9.17, 15) is 0 Å². The highest BCUT2D eigenvalue weighted by molar-refractivity contribution is 5.74. The third-order valence-corrected chi connectivity index (χ3v) is 1.67. The Hall–Kier alpha value is -1.98. The number of aromatic amines is 2. The van der Waals surface area contributed by atoms with Gasteiger partial charge in [-0.05, 0) is 6.92 Å². The molecular weight excluding hydrogens is 168 g/mol. The zero-order valence-corrected chi connectivity index (χ0v) is 7.02. The molecule has 0 fully saturated rings. The van der Waals surface area contributed by atoms with Crippen molar-refractivity contribution in [2.24, 2.45) is 0 Å². The van der Waals surface area contributed by atoms with E-state index in [-0.39, 0.29) is 0 Å². The average molecular weight is 176 g/mol. The first-order chi connectivity index (χ1) is 6.42. The zero-order valence-electron chi connectivity index (χ0n) is 7.02. The van der Waals surface area contributed by atoms with Crippen LogP contribution in [0, 0.1) is 0 Å². The smallest absolute Gasteiger partial charge is 0.114 e. The lowest BCUT2D eigenvalue weighted by Crippen LogP contribution is -1.88. The molecule has 6 heteroatoms. The molecule has 0 aliphatic heterocycles. The first-order valence-electron chi connectivity index (χ1n) is 3.80. The molecule has 6 nitrogen and oxygen atoms in total. The van der Waals surface area contributed by atoms with Crippen molar-refractivity contribution in [2.75, 3.05) is 0 Å². The molecule has 0 aliphatic rings. The highest BCUT2D eigenvalue weighted by atomic mass is 15.3. The molecule has 66 valence electrons. The summed E-state index contributed by atoms with van der Waals surface area (Å²) in [6.45, 7) is 1.92. The lowest BCUT2D eigenvalue weighted by molar-refractivity contribution is 0.929. The maximum Gasteiger partial charge on any atom is 0.114 e. The van der Waals surface area contributed by atoms with Crippen molar-refractivity contribution in [3.63, 3.8) is 0 Å². The molecule has 0 bridgehead atoms. The van der Waals surface area contributed by atoms with Crippen LogP contribution >= 0.6 is 0 Å². The number of nitrogens with zero attached hydrogens (tertiary/aromatic N) is 4. The van der Waals surface area contributed by atoms with E-state index in [1.165, 1.54) is 0 Å². The van der Waals surface area contributed by atoms with Crippen LogP contribution < -0.4 is 0 Å². The largest absolute Gasteiger partial charge is 0.197 e. The molecule has 2 rings (SSSR count). The van der Waals surface area contributed by atoms with Crippen LogP contribution in [0.15, 0.2) is 18.5 Å². The van der Waals surface area contributed by atoms with Gasteiger partial charge in [0.25, 0.3) is 0 Å². The Labute approximate surface area is 74.1 Å². The van der Waals surface area contributed by atoms with Crippen molar-refractivity contribution in [3.05, 3.63) is 29.9 Å². The van der Waals surface area contributed by atoms with Gasteiger partial charge in [0.2, 0.25) is 0 Å². The zero-order chi connectivity index (χ0) is 9.10. The highest BCUT2D eigenvalue weighted by Crippen LogP contribution is 2.16. The van der Waals surface area contributed by atoms with Gasteiger partial charge >= 0.3 is 0 Å². The molecular formula is C7H8N6. The number of hydrogen-bond acceptors (Lipinski definition) is 4. The summed E-state index contributed by atoms with van der Waals surface area (Å²) in [5, 5.41) is 20.5. The van der Waals surface area contributed by atoms with Crippen LogP contribution in [0.4, 0.5) is 0 Å². The second-order valence-electron chi connectivity index (χ2n) is 2.41. The molecule has 0 atom stereocenters. The minimum absolute atomic E-state index is 0.761.